The van der Waals surface area contributed by atoms with Gasteiger partial charge in [-0.2, -0.15) is 4.98 Å². The van der Waals surface area contributed by atoms with Gasteiger partial charge in [-0.3, -0.25) is 4.98 Å². The van der Waals surface area contributed by atoms with E-state index in [1.54, 1.807) is 12.4 Å². The fraction of sp³-hybridized carbons (Fsp3) is 0.375. The second-order valence-corrected chi connectivity index (χ2v) is 6.00. The van der Waals surface area contributed by atoms with E-state index in [4.69, 9.17) is 22.1 Å². The van der Waals surface area contributed by atoms with Crippen molar-refractivity contribution in [1.29, 1.82) is 0 Å². The van der Waals surface area contributed by atoms with Gasteiger partial charge in [0.1, 0.15) is 6.61 Å². The standard InChI is InChI=1S/C16H19ClN4O2/c17-12-3-1-2-11(4-12)10-23-16-8-19-7-15(20-16)21-9-14(22)5-13(21)6-18/h1-4,7-8,13-14,22H,5-6,9-10,18H2/t13-,14+/m0/s1. The van der Waals surface area contributed by atoms with Crippen molar-refractivity contribution in [2.24, 2.45) is 5.73 Å². The van der Waals surface area contributed by atoms with E-state index in [9.17, 15) is 5.11 Å². The molecule has 1 aliphatic heterocycles. The van der Waals surface area contributed by atoms with Gasteiger partial charge in [0.25, 0.3) is 0 Å². The van der Waals surface area contributed by atoms with Crippen LogP contribution in [0.25, 0.3) is 0 Å². The largest absolute Gasteiger partial charge is 0.472 e. The number of benzene rings is 1. The second kappa shape index (κ2) is 7.12. The molecule has 2 aromatic rings. The molecule has 0 bridgehead atoms. The SMILES string of the molecule is NC[C@@H]1C[C@@H](O)CN1c1cncc(OCc2cccc(Cl)c2)n1. The highest BCUT2D eigenvalue weighted by Gasteiger charge is 2.31. The van der Waals surface area contributed by atoms with Crippen molar-refractivity contribution in [3.05, 3.63) is 47.2 Å². The summed E-state index contributed by atoms with van der Waals surface area (Å²) in [5.74, 6) is 1.10. The molecule has 122 valence electrons. The van der Waals surface area contributed by atoms with Crippen LogP contribution in [0.3, 0.4) is 0 Å². The van der Waals surface area contributed by atoms with E-state index < -0.39 is 0 Å². The van der Waals surface area contributed by atoms with Crippen LogP contribution in [0.1, 0.15) is 12.0 Å². The summed E-state index contributed by atoms with van der Waals surface area (Å²) in [7, 11) is 0. The maximum Gasteiger partial charge on any atom is 0.234 e. The van der Waals surface area contributed by atoms with Crippen LogP contribution in [-0.4, -0.2) is 40.3 Å². The first-order valence-corrected chi connectivity index (χ1v) is 7.87. The van der Waals surface area contributed by atoms with Gasteiger partial charge in [0.05, 0.1) is 18.5 Å². The number of β-amino-alcohol motifs (C(OH)–C–C–N with tert-alkyl or cyclic N) is 1. The summed E-state index contributed by atoms with van der Waals surface area (Å²) in [4.78, 5) is 10.6. The van der Waals surface area contributed by atoms with Crippen LogP contribution >= 0.6 is 11.6 Å². The Morgan fingerprint density at radius 2 is 2.26 bits per heavy atom. The van der Waals surface area contributed by atoms with Gasteiger partial charge in [0, 0.05) is 24.2 Å². The Kier molecular flexibility index (Phi) is 4.95. The number of aliphatic hydroxyl groups excluding tert-OH is 1. The molecule has 2 atom stereocenters. The van der Waals surface area contributed by atoms with Gasteiger partial charge in [0.2, 0.25) is 5.88 Å². The van der Waals surface area contributed by atoms with E-state index in [1.165, 1.54) is 0 Å². The number of nitrogens with zero attached hydrogens (tertiary/aromatic N) is 3. The Balaban J connectivity index is 1.70. The summed E-state index contributed by atoms with van der Waals surface area (Å²) in [6.07, 6.45) is 3.48. The van der Waals surface area contributed by atoms with Crippen LogP contribution in [-0.2, 0) is 6.61 Å². The smallest absolute Gasteiger partial charge is 0.234 e. The van der Waals surface area contributed by atoms with Gasteiger partial charge in [-0.15, -0.1) is 0 Å². The summed E-state index contributed by atoms with van der Waals surface area (Å²) < 4.78 is 5.69. The van der Waals surface area contributed by atoms with E-state index in [-0.39, 0.29) is 12.1 Å². The third-order valence-electron chi connectivity index (χ3n) is 3.83. The first-order valence-electron chi connectivity index (χ1n) is 7.50. The third-order valence-corrected chi connectivity index (χ3v) is 4.07. The maximum atomic E-state index is 9.82. The number of rotatable bonds is 5. The van der Waals surface area contributed by atoms with Gasteiger partial charge in [-0.25, -0.2) is 0 Å². The maximum absolute atomic E-state index is 9.82. The van der Waals surface area contributed by atoms with Crippen molar-refractivity contribution in [2.75, 3.05) is 18.0 Å². The van der Waals surface area contributed by atoms with Crippen LogP contribution in [0.4, 0.5) is 5.82 Å². The van der Waals surface area contributed by atoms with Crippen LogP contribution in [0.2, 0.25) is 5.02 Å². The fourth-order valence-electron chi connectivity index (χ4n) is 2.73. The molecule has 1 aromatic carbocycles. The Labute approximate surface area is 139 Å². The molecule has 1 aromatic heterocycles. The summed E-state index contributed by atoms with van der Waals surface area (Å²) in [6.45, 7) is 1.34. The number of ether oxygens (including phenoxy) is 1. The molecule has 7 heteroatoms. The summed E-state index contributed by atoms with van der Waals surface area (Å²) in [5, 5.41) is 10.5. The quantitative estimate of drug-likeness (QED) is 0.864. The molecule has 0 radical (unpaired) electrons. The Morgan fingerprint density at radius 3 is 3.04 bits per heavy atom. The van der Waals surface area contributed by atoms with Crippen molar-refractivity contribution in [3.63, 3.8) is 0 Å². The van der Waals surface area contributed by atoms with E-state index in [0.717, 1.165) is 5.56 Å². The molecule has 2 heterocycles. The minimum Gasteiger partial charge on any atom is -0.472 e. The van der Waals surface area contributed by atoms with Crippen LogP contribution in [0.5, 0.6) is 5.88 Å². The number of anilines is 1. The van der Waals surface area contributed by atoms with Crippen molar-refractivity contribution in [2.45, 2.75) is 25.2 Å². The van der Waals surface area contributed by atoms with Gasteiger partial charge in [0.15, 0.2) is 5.82 Å². The topological polar surface area (TPSA) is 84.5 Å². The zero-order valence-corrected chi connectivity index (χ0v) is 13.4. The second-order valence-electron chi connectivity index (χ2n) is 5.57. The predicted octanol–water partition coefficient (Wildman–Crippen LogP) is 1.61. The molecule has 1 aliphatic rings. The third kappa shape index (κ3) is 3.90. The average Bonchev–Trinajstić information content (AvgIpc) is 2.94. The molecule has 3 N–H and O–H groups in total. The molecule has 3 rings (SSSR count). The fourth-order valence-corrected chi connectivity index (χ4v) is 2.94. The number of hydrogen-bond acceptors (Lipinski definition) is 6. The molecule has 6 nitrogen and oxygen atoms in total. The van der Waals surface area contributed by atoms with Crippen molar-refractivity contribution in [1.82, 2.24) is 9.97 Å². The lowest BCUT2D eigenvalue weighted by Crippen LogP contribution is -2.36. The molecule has 0 saturated carbocycles. The molecule has 0 amide bonds. The van der Waals surface area contributed by atoms with Crippen molar-refractivity contribution in [3.8, 4) is 5.88 Å². The van der Waals surface area contributed by atoms with Crippen molar-refractivity contribution < 1.29 is 9.84 Å². The van der Waals surface area contributed by atoms with E-state index in [1.807, 2.05) is 29.2 Å². The molecule has 1 fully saturated rings. The monoisotopic (exact) mass is 334 g/mol. The average molecular weight is 335 g/mol. The minimum absolute atomic E-state index is 0.0717. The number of nitrogens with two attached hydrogens (primary N) is 1. The summed E-state index contributed by atoms with van der Waals surface area (Å²) in [6, 6.07) is 7.55. The van der Waals surface area contributed by atoms with Crippen LogP contribution in [0.15, 0.2) is 36.7 Å². The van der Waals surface area contributed by atoms with Gasteiger partial charge in [-0.1, -0.05) is 23.7 Å². The lowest BCUT2D eigenvalue weighted by atomic mass is 10.2. The van der Waals surface area contributed by atoms with Gasteiger partial charge >= 0.3 is 0 Å². The van der Waals surface area contributed by atoms with Crippen molar-refractivity contribution >= 4 is 17.4 Å². The molecule has 23 heavy (non-hydrogen) atoms. The lowest BCUT2D eigenvalue weighted by Gasteiger charge is -2.24. The lowest BCUT2D eigenvalue weighted by molar-refractivity contribution is 0.194. The number of hydrogen-bond donors (Lipinski definition) is 2. The van der Waals surface area contributed by atoms with E-state index >= 15 is 0 Å². The van der Waals surface area contributed by atoms with Crippen LogP contribution in [0, 0.1) is 0 Å². The Morgan fingerprint density at radius 1 is 1.39 bits per heavy atom. The number of halogens is 1. The molecule has 0 aliphatic carbocycles. The number of aliphatic hydroxyl groups is 1. The zero-order chi connectivity index (χ0) is 16.2. The zero-order valence-electron chi connectivity index (χ0n) is 12.6. The Hall–Kier alpha value is -1.89. The summed E-state index contributed by atoms with van der Waals surface area (Å²) in [5.41, 5.74) is 6.73. The van der Waals surface area contributed by atoms with Gasteiger partial charge in [-0.05, 0) is 24.1 Å². The Bertz CT molecular complexity index is 670. The van der Waals surface area contributed by atoms with E-state index in [2.05, 4.69) is 9.97 Å². The van der Waals surface area contributed by atoms with Gasteiger partial charge < -0.3 is 20.5 Å². The molecular formula is C16H19ClN4O2. The molecular weight excluding hydrogens is 316 g/mol. The predicted molar refractivity (Wildman–Crippen MR) is 88.6 cm³/mol. The van der Waals surface area contributed by atoms with Crippen LogP contribution < -0.4 is 15.4 Å². The highest BCUT2D eigenvalue weighted by molar-refractivity contribution is 6.30. The molecule has 1 saturated heterocycles. The summed E-state index contributed by atoms with van der Waals surface area (Å²) >= 11 is 5.96. The molecule has 0 unspecified atom stereocenters. The molecule has 0 spiro atoms. The first-order chi connectivity index (χ1) is 11.2. The minimum atomic E-state index is -0.388. The highest BCUT2D eigenvalue weighted by Crippen LogP contribution is 2.24. The number of aromatic nitrogens is 2. The normalized spacial score (nSPS) is 20.7. The first kappa shape index (κ1) is 16.0. The van der Waals surface area contributed by atoms with E-state index in [0.29, 0.717) is 42.8 Å². The highest BCUT2D eigenvalue weighted by atomic mass is 35.5.